The molecule has 0 unspecified atom stereocenters. The van der Waals surface area contributed by atoms with Gasteiger partial charge in [0.1, 0.15) is 0 Å². The highest BCUT2D eigenvalue weighted by molar-refractivity contribution is 5.08. The monoisotopic (exact) mass is 123 g/mol. The molecule has 0 aromatic rings. The Bertz CT molecular complexity index is 112. The first kappa shape index (κ1) is 8.18. The lowest BCUT2D eigenvalue weighted by Crippen LogP contribution is -1.94. The topological polar surface area (TPSA) is 26.0 Å². The van der Waals surface area contributed by atoms with Crippen molar-refractivity contribution in [3.8, 4) is 0 Å². The Morgan fingerprint density at radius 1 is 1.22 bits per heavy atom. The molecule has 50 valence electrons. The maximum atomic E-state index is 5.25. The fourth-order valence-electron chi connectivity index (χ4n) is 0.414. The van der Waals surface area contributed by atoms with Crippen molar-refractivity contribution in [2.24, 2.45) is 5.73 Å². The molecule has 0 aromatic heterocycles. The van der Waals surface area contributed by atoms with Crippen molar-refractivity contribution in [3.63, 3.8) is 0 Å². The molecule has 0 rings (SSSR count). The second-order valence-electron chi connectivity index (χ2n) is 1.63. The van der Waals surface area contributed by atoms with Gasteiger partial charge in [-0.25, -0.2) is 0 Å². The molecule has 0 aromatic carbocycles. The van der Waals surface area contributed by atoms with Gasteiger partial charge in [0.05, 0.1) is 0 Å². The van der Waals surface area contributed by atoms with Crippen molar-refractivity contribution in [1.82, 2.24) is 0 Å². The van der Waals surface area contributed by atoms with E-state index in [1.165, 1.54) is 0 Å². The minimum absolute atomic E-state index is 0.721. The van der Waals surface area contributed by atoms with Gasteiger partial charge in [-0.3, -0.25) is 0 Å². The molecule has 1 heteroatoms. The van der Waals surface area contributed by atoms with Crippen molar-refractivity contribution in [3.05, 3.63) is 37.0 Å². The van der Waals surface area contributed by atoms with E-state index in [-0.39, 0.29) is 0 Å². The van der Waals surface area contributed by atoms with Gasteiger partial charge in [0.15, 0.2) is 0 Å². The maximum Gasteiger partial charge on any atom is -0.00425 e. The molecule has 0 heterocycles. The van der Waals surface area contributed by atoms with Crippen LogP contribution in [0.4, 0.5) is 0 Å². The molecule has 0 saturated carbocycles. The Morgan fingerprint density at radius 2 is 2.00 bits per heavy atom. The summed E-state index contributed by atoms with van der Waals surface area (Å²) in [4.78, 5) is 0. The predicted octanol–water partition coefficient (Wildman–Crippen LogP) is 1.63. The van der Waals surface area contributed by atoms with Crippen LogP contribution in [0.3, 0.4) is 0 Å². The number of hydrogen-bond donors (Lipinski definition) is 1. The largest absolute Gasteiger partial charge is 0.330 e. The summed E-state index contributed by atoms with van der Waals surface area (Å²) >= 11 is 0. The molecule has 9 heavy (non-hydrogen) atoms. The molecule has 0 bridgehead atoms. The quantitative estimate of drug-likeness (QED) is 0.565. The van der Waals surface area contributed by atoms with Crippen molar-refractivity contribution in [2.45, 2.75) is 6.42 Å². The van der Waals surface area contributed by atoms with Crippen molar-refractivity contribution < 1.29 is 0 Å². The lowest BCUT2D eigenvalue weighted by Gasteiger charge is -1.79. The van der Waals surface area contributed by atoms with E-state index in [9.17, 15) is 0 Å². The van der Waals surface area contributed by atoms with E-state index in [0.29, 0.717) is 0 Å². The molecule has 2 N–H and O–H groups in total. The molecule has 1 nitrogen and oxygen atoms in total. The molecule has 0 atom stereocenters. The summed E-state index contributed by atoms with van der Waals surface area (Å²) < 4.78 is 0. The number of hydrogen-bond acceptors (Lipinski definition) is 1. The van der Waals surface area contributed by atoms with Crippen LogP contribution >= 0.6 is 0 Å². The summed E-state index contributed by atoms with van der Waals surface area (Å²) in [6, 6.07) is 0. The van der Waals surface area contributed by atoms with Crippen LogP contribution in [-0.2, 0) is 0 Å². The summed E-state index contributed by atoms with van der Waals surface area (Å²) in [7, 11) is 0. The first-order valence-electron chi connectivity index (χ1n) is 3.06. The van der Waals surface area contributed by atoms with Crippen molar-refractivity contribution in [1.29, 1.82) is 0 Å². The number of nitrogens with two attached hydrogens (primary N) is 1. The summed E-state index contributed by atoms with van der Waals surface area (Å²) in [5.41, 5.74) is 5.25. The standard InChI is InChI=1S/C8H13N/c1-2-3-4-5-6-7-8-9/h2-6H,1,7-9H2. The van der Waals surface area contributed by atoms with Crippen LogP contribution < -0.4 is 5.73 Å². The van der Waals surface area contributed by atoms with E-state index >= 15 is 0 Å². The smallest absolute Gasteiger partial charge is 0.00425 e. The van der Waals surface area contributed by atoms with E-state index in [0.717, 1.165) is 13.0 Å². The van der Waals surface area contributed by atoms with Crippen LogP contribution in [0.1, 0.15) is 6.42 Å². The van der Waals surface area contributed by atoms with E-state index in [2.05, 4.69) is 6.58 Å². The minimum Gasteiger partial charge on any atom is -0.330 e. The third kappa shape index (κ3) is 7.18. The van der Waals surface area contributed by atoms with Gasteiger partial charge in [-0.2, -0.15) is 0 Å². The van der Waals surface area contributed by atoms with Crippen molar-refractivity contribution in [2.75, 3.05) is 6.54 Å². The number of rotatable bonds is 4. The van der Waals surface area contributed by atoms with Gasteiger partial charge in [-0.15, -0.1) is 0 Å². The fraction of sp³-hybridized carbons (Fsp3) is 0.250. The zero-order valence-corrected chi connectivity index (χ0v) is 5.59. The molecule has 0 amide bonds. The highest BCUT2D eigenvalue weighted by atomic mass is 14.5. The normalized spacial score (nSPS) is 11.2. The lowest BCUT2D eigenvalue weighted by molar-refractivity contribution is 1.01. The summed E-state index contributed by atoms with van der Waals surface area (Å²) in [5, 5.41) is 0. The molecule has 0 fully saturated rings. The SMILES string of the molecule is C=CC=CC=CCCN. The maximum absolute atomic E-state index is 5.25. The van der Waals surface area contributed by atoms with Gasteiger partial charge >= 0.3 is 0 Å². The zero-order chi connectivity index (χ0) is 6.95. The Kier molecular flexibility index (Phi) is 6.53. The molecular weight excluding hydrogens is 110 g/mol. The first-order chi connectivity index (χ1) is 4.41. The van der Waals surface area contributed by atoms with Gasteiger partial charge < -0.3 is 5.73 Å². The fourth-order valence-corrected chi connectivity index (χ4v) is 0.414. The van der Waals surface area contributed by atoms with Crippen LogP contribution in [0.5, 0.6) is 0 Å². The third-order valence-electron chi connectivity index (χ3n) is 0.828. The Morgan fingerprint density at radius 3 is 2.56 bits per heavy atom. The Labute approximate surface area is 56.6 Å². The summed E-state index contributed by atoms with van der Waals surface area (Å²) in [6.07, 6.45) is 10.5. The van der Waals surface area contributed by atoms with Crippen LogP contribution in [-0.4, -0.2) is 6.54 Å². The van der Waals surface area contributed by atoms with Crippen LogP contribution in [0.25, 0.3) is 0 Å². The molecule has 0 radical (unpaired) electrons. The van der Waals surface area contributed by atoms with Gasteiger partial charge in [0, 0.05) is 0 Å². The Balaban J connectivity index is 3.23. The molecule has 0 saturated heterocycles. The Hall–Kier alpha value is -0.820. The van der Waals surface area contributed by atoms with Gasteiger partial charge in [0.2, 0.25) is 0 Å². The highest BCUT2D eigenvalue weighted by Gasteiger charge is 1.67. The zero-order valence-electron chi connectivity index (χ0n) is 5.59. The first-order valence-corrected chi connectivity index (χ1v) is 3.06. The van der Waals surface area contributed by atoms with Crippen LogP contribution in [0.2, 0.25) is 0 Å². The average Bonchev–Trinajstić information content (AvgIpc) is 1.89. The van der Waals surface area contributed by atoms with Crippen LogP contribution in [0, 0.1) is 0 Å². The molecule has 0 aliphatic heterocycles. The van der Waals surface area contributed by atoms with E-state index in [1.54, 1.807) is 6.08 Å². The van der Waals surface area contributed by atoms with E-state index in [1.807, 2.05) is 24.3 Å². The van der Waals surface area contributed by atoms with E-state index in [4.69, 9.17) is 5.73 Å². The highest BCUT2D eigenvalue weighted by Crippen LogP contribution is 1.80. The lowest BCUT2D eigenvalue weighted by atomic mass is 10.3. The second kappa shape index (κ2) is 7.18. The summed E-state index contributed by atoms with van der Waals surface area (Å²) in [6.45, 7) is 4.25. The molecule has 0 aliphatic carbocycles. The van der Waals surface area contributed by atoms with Gasteiger partial charge in [-0.05, 0) is 13.0 Å². The minimum atomic E-state index is 0.721. The third-order valence-corrected chi connectivity index (χ3v) is 0.828. The molecular formula is C8H13N. The van der Waals surface area contributed by atoms with Crippen LogP contribution in [0.15, 0.2) is 37.0 Å². The summed E-state index contributed by atoms with van der Waals surface area (Å²) in [5.74, 6) is 0. The van der Waals surface area contributed by atoms with Gasteiger partial charge in [0.25, 0.3) is 0 Å². The average molecular weight is 123 g/mol. The second-order valence-corrected chi connectivity index (χ2v) is 1.63. The predicted molar refractivity (Wildman–Crippen MR) is 42.1 cm³/mol. The number of allylic oxidation sites excluding steroid dienone is 4. The molecule has 0 spiro atoms. The van der Waals surface area contributed by atoms with E-state index < -0.39 is 0 Å². The molecule has 0 aliphatic rings. The van der Waals surface area contributed by atoms with Gasteiger partial charge in [-0.1, -0.05) is 37.0 Å². The van der Waals surface area contributed by atoms with Crippen molar-refractivity contribution >= 4 is 0 Å².